The molecule has 3 aromatic rings. The van der Waals surface area contributed by atoms with E-state index in [0.717, 1.165) is 11.4 Å². The standard InChI is InChI=1S/C22H22N4O2S/c1-4-12-26-21(17-10-8-15(2)9-11-17)24-25-22(26)29-14-20(28)23-19-7-5-6-18(13-19)16(3)27/h4-11,13H,1,12,14H2,2-3H3,(H,23,28). The van der Waals surface area contributed by atoms with Gasteiger partial charge in [0, 0.05) is 23.4 Å². The Morgan fingerprint density at radius 2 is 1.93 bits per heavy atom. The Hall–Kier alpha value is -3.19. The smallest absolute Gasteiger partial charge is 0.234 e. The summed E-state index contributed by atoms with van der Waals surface area (Å²) in [6, 6.07) is 14.9. The largest absolute Gasteiger partial charge is 0.325 e. The number of benzene rings is 2. The van der Waals surface area contributed by atoms with Gasteiger partial charge in [-0.1, -0.05) is 59.8 Å². The van der Waals surface area contributed by atoms with Crippen LogP contribution in [-0.2, 0) is 11.3 Å². The van der Waals surface area contributed by atoms with Crippen molar-refractivity contribution in [3.63, 3.8) is 0 Å². The number of hydrogen-bond donors (Lipinski definition) is 1. The number of anilines is 1. The molecule has 3 rings (SSSR count). The molecule has 0 aliphatic heterocycles. The van der Waals surface area contributed by atoms with Gasteiger partial charge in [-0.3, -0.25) is 14.2 Å². The molecule has 0 radical (unpaired) electrons. The van der Waals surface area contributed by atoms with Gasteiger partial charge < -0.3 is 5.32 Å². The predicted octanol–water partition coefficient (Wildman–Crippen LogP) is 4.37. The molecule has 0 fully saturated rings. The zero-order chi connectivity index (χ0) is 20.8. The topological polar surface area (TPSA) is 76.9 Å². The van der Waals surface area contributed by atoms with Gasteiger partial charge in [0.15, 0.2) is 16.8 Å². The number of carbonyl (C=O) groups excluding carboxylic acids is 2. The summed E-state index contributed by atoms with van der Waals surface area (Å²) in [5, 5.41) is 12.0. The van der Waals surface area contributed by atoms with Crippen LogP contribution in [0, 0.1) is 6.92 Å². The molecule has 0 spiro atoms. The summed E-state index contributed by atoms with van der Waals surface area (Å²) >= 11 is 1.31. The van der Waals surface area contributed by atoms with Crippen LogP contribution in [0.25, 0.3) is 11.4 Å². The van der Waals surface area contributed by atoms with E-state index in [1.54, 1.807) is 30.3 Å². The summed E-state index contributed by atoms with van der Waals surface area (Å²) < 4.78 is 1.94. The minimum absolute atomic E-state index is 0.0448. The summed E-state index contributed by atoms with van der Waals surface area (Å²) in [7, 11) is 0. The molecule has 0 aliphatic carbocycles. The summed E-state index contributed by atoms with van der Waals surface area (Å²) in [6.07, 6.45) is 1.78. The van der Waals surface area contributed by atoms with Gasteiger partial charge in [0.2, 0.25) is 5.91 Å². The number of Topliss-reactive ketones (excluding diaryl/α,β-unsaturated/α-hetero) is 1. The Bertz CT molecular complexity index is 1040. The van der Waals surface area contributed by atoms with Gasteiger partial charge in [-0.05, 0) is 26.0 Å². The molecule has 1 aromatic heterocycles. The van der Waals surface area contributed by atoms with Gasteiger partial charge in [-0.2, -0.15) is 0 Å². The van der Waals surface area contributed by atoms with Crippen molar-refractivity contribution in [2.75, 3.05) is 11.1 Å². The molecule has 0 unspecified atom stereocenters. The van der Waals surface area contributed by atoms with Crippen LogP contribution in [0.2, 0.25) is 0 Å². The Balaban J connectivity index is 1.70. The van der Waals surface area contributed by atoms with Crippen LogP contribution in [0.15, 0.2) is 66.3 Å². The lowest BCUT2D eigenvalue weighted by atomic mass is 10.1. The maximum absolute atomic E-state index is 12.4. The normalized spacial score (nSPS) is 10.6. The molecule has 1 N–H and O–H groups in total. The average molecular weight is 407 g/mol. The molecule has 0 aliphatic rings. The van der Waals surface area contributed by atoms with Crippen molar-refractivity contribution in [3.8, 4) is 11.4 Å². The first-order valence-corrected chi connectivity index (χ1v) is 10.1. The van der Waals surface area contributed by atoms with Crippen LogP contribution in [-0.4, -0.2) is 32.2 Å². The van der Waals surface area contributed by atoms with E-state index in [1.165, 1.54) is 24.2 Å². The quantitative estimate of drug-likeness (QED) is 0.341. The summed E-state index contributed by atoms with van der Waals surface area (Å²) in [5.41, 5.74) is 3.28. The number of nitrogens with zero attached hydrogens (tertiary/aromatic N) is 3. The molecule has 148 valence electrons. The molecule has 7 heteroatoms. The number of nitrogens with one attached hydrogen (secondary N) is 1. The lowest BCUT2D eigenvalue weighted by Gasteiger charge is -2.09. The summed E-state index contributed by atoms with van der Waals surface area (Å²) in [6.45, 7) is 7.88. The van der Waals surface area contributed by atoms with Crippen LogP contribution < -0.4 is 5.32 Å². The fraction of sp³-hybridized carbons (Fsp3) is 0.182. The fourth-order valence-corrected chi connectivity index (χ4v) is 3.50. The third kappa shape index (κ3) is 5.20. The maximum Gasteiger partial charge on any atom is 0.234 e. The first-order chi connectivity index (χ1) is 14.0. The van der Waals surface area contributed by atoms with Crippen LogP contribution in [0.5, 0.6) is 0 Å². The fourth-order valence-electron chi connectivity index (χ4n) is 2.75. The number of thioether (sulfide) groups is 1. The average Bonchev–Trinajstić information content (AvgIpc) is 3.10. The van der Waals surface area contributed by atoms with Crippen molar-refractivity contribution in [3.05, 3.63) is 72.3 Å². The van der Waals surface area contributed by atoms with E-state index in [9.17, 15) is 9.59 Å². The van der Waals surface area contributed by atoms with Crippen molar-refractivity contribution < 1.29 is 9.59 Å². The zero-order valence-corrected chi connectivity index (χ0v) is 17.2. The highest BCUT2D eigenvalue weighted by molar-refractivity contribution is 7.99. The van der Waals surface area contributed by atoms with Crippen LogP contribution in [0.3, 0.4) is 0 Å². The molecule has 29 heavy (non-hydrogen) atoms. The number of aryl methyl sites for hydroxylation is 1. The third-order valence-electron chi connectivity index (χ3n) is 4.22. The van der Waals surface area contributed by atoms with Crippen molar-refractivity contribution in [1.29, 1.82) is 0 Å². The maximum atomic E-state index is 12.4. The highest BCUT2D eigenvalue weighted by Crippen LogP contribution is 2.24. The minimum atomic E-state index is -0.180. The van der Waals surface area contributed by atoms with E-state index >= 15 is 0 Å². The minimum Gasteiger partial charge on any atom is -0.325 e. The molecule has 2 aromatic carbocycles. The van der Waals surface area contributed by atoms with E-state index in [0.29, 0.717) is 23.0 Å². The Kier molecular flexibility index (Phi) is 6.61. The number of carbonyl (C=O) groups is 2. The van der Waals surface area contributed by atoms with E-state index in [-0.39, 0.29) is 17.4 Å². The van der Waals surface area contributed by atoms with E-state index in [2.05, 4.69) is 22.1 Å². The molecular formula is C22H22N4O2S. The second kappa shape index (κ2) is 9.34. The highest BCUT2D eigenvalue weighted by atomic mass is 32.2. The number of rotatable bonds is 8. The van der Waals surface area contributed by atoms with E-state index in [4.69, 9.17) is 0 Å². The van der Waals surface area contributed by atoms with Gasteiger partial charge in [0.25, 0.3) is 0 Å². The Labute approximate surface area is 174 Å². The lowest BCUT2D eigenvalue weighted by Crippen LogP contribution is -2.15. The SMILES string of the molecule is C=CCn1c(SCC(=O)Nc2cccc(C(C)=O)c2)nnc1-c1ccc(C)cc1. The Morgan fingerprint density at radius 1 is 1.17 bits per heavy atom. The Morgan fingerprint density at radius 3 is 2.62 bits per heavy atom. The van der Waals surface area contributed by atoms with Crippen molar-refractivity contribution in [2.24, 2.45) is 0 Å². The second-order valence-electron chi connectivity index (χ2n) is 6.55. The van der Waals surface area contributed by atoms with Gasteiger partial charge >= 0.3 is 0 Å². The van der Waals surface area contributed by atoms with Crippen LogP contribution >= 0.6 is 11.8 Å². The van der Waals surface area contributed by atoms with Gasteiger partial charge in [-0.15, -0.1) is 16.8 Å². The number of hydrogen-bond acceptors (Lipinski definition) is 5. The van der Waals surface area contributed by atoms with Crippen molar-refractivity contribution in [1.82, 2.24) is 14.8 Å². The lowest BCUT2D eigenvalue weighted by molar-refractivity contribution is -0.113. The summed E-state index contributed by atoms with van der Waals surface area (Å²) in [5.74, 6) is 0.687. The first-order valence-electron chi connectivity index (χ1n) is 9.12. The molecule has 6 nitrogen and oxygen atoms in total. The summed E-state index contributed by atoms with van der Waals surface area (Å²) in [4.78, 5) is 23.8. The van der Waals surface area contributed by atoms with Crippen molar-refractivity contribution in [2.45, 2.75) is 25.5 Å². The molecule has 0 saturated carbocycles. The van der Waals surface area contributed by atoms with Gasteiger partial charge in [0.1, 0.15) is 0 Å². The number of allylic oxidation sites excluding steroid dienone is 1. The molecule has 1 heterocycles. The first kappa shape index (κ1) is 20.5. The molecule has 0 saturated heterocycles. The van der Waals surface area contributed by atoms with Crippen molar-refractivity contribution >= 4 is 29.1 Å². The monoisotopic (exact) mass is 406 g/mol. The second-order valence-corrected chi connectivity index (χ2v) is 7.49. The van der Waals surface area contributed by atoms with Crippen LogP contribution in [0.1, 0.15) is 22.8 Å². The molecule has 1 amide bonds. The van der Waals surface area contributed by atoms with Gasteiger partial charge in [-0.25, -0.2) is 0 Å². The van der Waals surface area contributed by atoms with Crippen LogP contribution in [0.4, 0.5) is 5.69 Å². The number of aromatic nitrogens is 3. The number of ketones is 1. The zero-order valence-electron chi connectivity index (χ0n) is 16.4. The highest BCUT2D eigenvalue weighted by Gasteiger charge is 2.15. The van der Waals surface area contributed by atoms with E-state index in [1.807, 2.05) is 35.8 Å². The molecule has 0 atom stereocenters. The third-order valence-corrected chi connectivity index (χ3v) is 5.19. The van der Waals surface area contributed by atoms with Gasteiger partial charge in [0.05, 0.1) is 5.75 Å². The number of amides is 1. The molecular weight excluding hydrogens is 384 g/mol. The molecule has 0 bridgehead atoms. The predicted molar refractivity (Wildman–Crippen MR) is 116 cm³/mol. The van der Waals surface area contributed by atoms with E-state index < -0.39 is 0 Å².